The fraction of sp³-hybridized carbons (Fsp3) is 0.724. The van der Waals surface area contributed by atoms with Crippen LogP contribution in [0.3, 0.4) is 0 Å². The number of rotatable bonds is 16. The first-order valence-corrected chi connectivity index (χ1v) is 19.5. The maximum atomic E-state index is 12.5. The normalized spacial score (nSPS) is 20.4. The molecule has 258 valence electrons. The minimum absolute atomic E-state index is 0.0265. The summed E-state index contributed by atoms with van der Waals surface area (Å²) in [5, 5.41) is 2.69. The largest absolute Gasteiger partial charge is 0.463 e. The van der Waals surface area contributed by atoms with Crippen molar-refractivity contribution in [3.05, 3.63) is 12.7 Å². The summed E-state index contributed by atoms with van der Waals surface area (Å²) in [6.07, 6.45) is 0.343. The van der Waals surface area contributed by atoms with Gasteiger partial charge in [0, 0.05) is 24.2 Å². The van der Waals surface area contributed by atoms with Crippen LogP contribution >= 0.6 is 22.6 Å². The summed E-state index contributed by atoms with van der Waals surface area (Å²) in [5.41, 5.74) is 0.793. The number of ether oxygens (including phenoxy) is 6. The zero-order valence-corrected chi connectivity index (χ0v) is 31.1. The van der Waals surface area contributed by atoms with Gasteiger partial charge < -0.3 is 38.2 Å². The number of amides is 1. The first-order valence-electron chi connectivity index (χ1n) is 15.1. The van der Waals surface area contributed by atoms with Crippen LogP contribution in [0.15, 0.2) is 12.7 Å². The maximum Gasteiger partial charge on any atom is 0.302 e. The van der Waals surface area contributed by atoms with Crippen LogP contribution in [0.2, 0.25) is 18.1 Å². The molecule has 1 saturated heterocycles. The average Bonchev–Trinajstić information content (AvgIpc) is 3.53. The van der Waals surface area contributed by atoms with Crippen LogP contribution in [-0.2, 0) is 47.2 Å². The smallest absolute Gasteiger partial charge is 0.302 e. The molecule has 15 nitrogen and oxygen atoms in total. The van der Waals surface area contributed by atoms with Gasteiger partial charge in [-0.15, -0.1) is 0 Å². The van der Waals surface area contributed by atoms with Crippen molar-refractivity contribution < 1.29 is 47.2 Å². The molecule has 1 amide bonds. The molecule has 3 heterocycles. The Kier molecular flexibility index (Phi) is 13.8. The molecule has 0 radical (unpaired) electrons. The second-order valence-electron chi connectivity index (χ2n) is 12.6. The number of hydrogen-bond donors (Lipinski definition) is 1. The molecule has 0 saturated carbocycles. The summed E-state index contributed by atoms with van der Waals surface area (Å²) < 4.78 is 44.1. The zero-order chi connectivity index (χ0) is 34.2. The third-order valence-electron chi connectivity index (χ3n) is 7.63. The van der Waals surface area contributed by atoms with E-state index in [2.05, 4.69) is 76.7 Å². The quantitative estimate of drug-likeness (QED) is 0.0649. The molecule has 0 aromatic carbocycles. The highest BCUT2D eigenvalue weighted by atomic mass is 127. The summed E-state index contributed by atoms with van der Waals surface area (Å²) in [6, 6.07) is 0. The third kappa shape index (κ3) is 10.1. The highest BCUT2D eigenvalue weighted by Crippen LogP contribution is 2.43. The molecule has 4 atom stereocenters. The molecule has 2 unspecified atom stereocenters. The number of fused-ring (bicyclic) bond motifs is 1. The van der Waals surface area contributed by atoms with E-state index in [0.717, 1.165) is 0 Å². The highest BCUT2D eigenvalue weighted by Gasteiger charge is 2.52. The van der Waals surface area contributed by atoms with E-state index in [1.807, 2.05) is 0 Å². The van der Waals surface area contributed by atoms with Gasteiger partial charge in [0.2, 0.25) is 5.91 Å². The van der Waals surface area contributed by atoms with Crippen molar-refractivity contribution in [3.63, 3.8) is 0 Å². The Morgan fingerprint density at radius 3 is 2.13 bits per heavy atom. The number of aromatic nitrogens is 4. The van der Waals surface area contributed by atoms with E-state index < -0.39 is 51.3 Å². The van der Waals surface area contributed by atoms with Gasteiger partial charge in [-0.2, -0.15) is 0 Å². The molecule has 3 rings (SSSR count). The standard InChI is InChI=1S/C29H46IN5O10Si/c1-17(2)26(38)34-24-21-25(32-15-31-24)35(16-33-21)27-23(22(20(14-30)43-27)45-46(8,9)29(5,6)7)44-28(41-12-10-39-18(3)36)42-13-11-40-19(4)37/h15-17,20,22-23,27-28H,10-14H2,1-9H3,(H,31,32,34,38)/t20-,22?,23?,27-/m1/s1. The Morgan fingerprint density at radius 2 is 1.61 bits per heavy atom. The lowest BCUT2D eigenvalue weighted by Crippen LogP contribution is -2.51. The molecule has 1 aliphatic rings. The molecular weight excluding hydrogens is 733 g/mol. The van der Waals surface area contributed by atoms with Crippen LogP contribution < -0.4 is 5.32 Å². The number of nitrogens with zero attached hydrogens (tertiary/aromatic N) is 4. The number of carbonyl (C=O) groups is 3. The Morgan fingerprint density at radius 1 is 1.00 bits per heavy atom. The van der Waals surface area contributed by atoms with E-state index >= 15 is 0 Å². The number of halogens is 1. The lowest BCUT2D eigenvalue weighted by atomic mass is 10.1. The second kappa shape index (κ2) is 16.7. The van der Waals surface area contributed by atoms with E-state index in [9.17, 15) is 14.4 Å². The zero-order valence-electron chi connectivity index (χ0n) is 27.9. The minimum atomic E-state index is -2.37. The van der Waals surface area contributed by atoms with Gasteiger partial charge in [0.15, 0.2) is 31.5 Å². The molecule has 0 aliphatic carbocycles. The SMILES string of the molecule is CC(=O)OCCOC(OCCOC(C)=O)OC1C(O[Si](C)(C)C(C)(C)C)[C@@H](CI)O[C@H]1n1cnc2c(NC(=O)C(C)C)ncnc21. The number of alkyl halides is 1. The number of carbonyl (C=O) groups excluding carboxylic acids is 3. The lowest BCUT2D eigenvalue weighted by molar-refractivity contribution is -0.320. The van der Waals surface area contributed by atoms with Crippen LogP contribution in [0.4, 0.5) is 5.82 Å². The molecule has 1 N–H and O–H groups in total. The van der Waals surface area contributed by atoms with Gasteiger partial charge in [0.25, 0.3) is 6.48 Å². The Hall–Kier alpha value is -2.29. The van der Waals surface area contributed by atoms with Gasteiger partial charge >= 0.3 is 11.9 Å². The van der Waals surface area contributed by atoms with Crippen molar-refractivity contribution in [1.82, 2.24) is 19.5 Å². The van der Waals surface area contributed by atoms with Gasteiger partial charge in [0.05, 0.1) is 25.6 Å². The molecule has 0 spiro atoms. The van der Waals surface area contributed by atoms with Crippen molar-refractivity contribution in [2.24, 2.45) is 5.92 Å². The van der Waals surface area contributed by atoms with E-state index in [1.165, 1.54) is 20.2 Å². The first kappa shape index (κ1) is 38.2. The number of anilines is 1. The fourth-order valence-electron chi connectivity index (χ4n) is 4.17. The molecule has 2 aromatic heterocycles. The fourth-order valence-corrected chi connectivity index (χ4v) is 6.19. The van der Waals surface area contributed by atoms with Crippen LogP contribution in [0, 0.1) is 5.92 Å². The Bertz CT molecular complexity index is 1320. The molecule has 2 aromatic rings. The predicted molar refractivity (Wildman–Crippen MR) is 177 cm³/mol. The highest BCUT2D eigenvalue weighted by molar-refractivity contribution is 14.1. The Labute approximate surface area is 284 Å². The predicted octanol–water partition coefficient (Wildman–Crippen LogP) is 3.97. The van der Waals surface area contributed by atoms with Gasteiger partial charge in [-0.25, -0.2) is 15.0 Å². The topological polar surface area (TPSA) is 171 Å². The number of nitrogens with one attached hydrogen (secondary N) is 1. The average molecular weight is 780 g/mol. The molecule has 46 heavy (non-hydrogen) atoms. The maximum absolute atomic E-state index is 12.5. The van der Waals surface area contributed by atoms with E-state index in [-0.39, 0.29) is 49.1 Å². The summed E-state index contributed by atoms with van der Waals surface area (Å²) >= 11 is 2.26. The van der Waals surface area contributed by atoms with Gasteiger partial charge in [0.1, 0.15) is 31.7 Å². The number of hydrogen-bond acceptors (Lipinski definition) is 13. The van der Waals surface area contributed by atoms with Crippen molar-refractivity contribution in [3.8, 4) is 0 Å². The van der Waals surface area contributed by atoms with Crippen LogP contribution in [0.5, 0.6) is 0 Å². The summed E-state index contributed by atoms with van der Waals surface area (Å²) in [7, 11) is -2.37. The van der Waals surface area contributed by atoms with Crippen molar-refractivity contribution >= 4 is 65.7 Å². The van der Waals surface area contributed by atoms with Crippen LogP contribution in [0.1, 0.15) is 54.7 Å². The van der Waals surface area contributed by atoms with E-state index in [1.54, 1.807) is 24.7 Å². The number of esters is 2. The molecule has 1 aliphatic heterocycles. The van der Waals surface area contributed by atoms with E-state index in [0.29, 0.717) is 15.6 Å². The lowest BCUT2D eigenvalue weighted by Gasteiger charge is -2.40. The molecule has 0 bridgehead atoms. The Balaban J connectivity index is 2.02. The van der Waals surface area contributed by atoms with Crippen molar-refractivity contribution in [2.45, 2.75) is 97.6 Å². The van der Waals surface area contributed by atoms with Gasteiger partial charge in [-0.1, -0.05) is 57.2 Å². The van der Waals surface area contributed by atoms with Gasteiger partial charge in [-0.05, 0) is 18.1 Å². The van der Waals surface area contributed by atoms with Crippen molar-refractivity contribution in [2.75, 3.05) is 36.2 Å². The van der Waals surface area contributed by atoms with Crippen LogP contribution in [0.25, 0.3) is 11.2 Å². The number of imidazole rings is 1. The molecule has 1 fully saturated rings. The first-order chi connectivity index (χ1) is 21.6. The van der Waals surface area contributed by atoms with Gasteiger partial charge in [-0.3, -0.25) is 19.0 Å². The van der Waals surface area contributed by atoms with Crippen LogP contribution in [-0.4, -0.2) is 101 Å². The summed E-state index contributed by atoms with van der Waals surface area (Å²) in [5.74, 6) is -1.10. The minimum Gasteiger partial charge on any atom is -0.463 e. The monoisotopic (exact) mass is 779 g/mol. The van der Waals surface area contributed by atoms with E-state index in [4.69, 9.17) is 32.8 Å². The molecular formula is C29H46IN5O10Si. The molecule has 17 heteroatoms. The van der Waals surface area contributed by atoms with Crippen molar-refractivity contribution in [1.29, 1.82) is 0 Å². The second-order valence-corrected chi connectivity index (χ2v) is 18.2. The summed E-state index contributed by atoms with van der Waals surface area (Å²) in [6.45, 7) is 15.5. The third-order valence-corrected chi connectivity index (χ3v) is 13.0. The summed E-state index contributed by atoms with van der Waals surface area (Å²) in [4.78, 5) is 48.3.